The molecule has 5 heteroatoms. The lowest BCUT2D eigenvalue weighted by molar-refractivity contribution is 0.0692. The van der Waals surface area contributed by atoms with E-state index in [0.29, 0.717) is 0 Å². The number of aromatic carboxylic acids is 1. The summed E-state index contributed by atoms with van der Waals surface area (Å²) in [5, 5.41) is 10.2. The monoisotopic (exact) mass is 339 g/mol. The molecule has 0 radical (unpaired) electrons. The number of hydrogen-bond donors (Lipinski definition) is 1. The van der Waals surface area contributed by atoms with E-state index >= 15 is 0 Å². The Labute approximate surface area is 124 Å². The zero-order chi connectivity index (χ0) is 14.0. The molecule has 2 rings (SSSR count). The second-order valence-corrected chi connectivity index (χ2v) is 6.26. The second-order valence-electron chi connectivity index (χ2n) is 4.32. The molecule has 1 aromatic carbocycles. The lowest BCUT2D eigenvalue weighted by Crippen LogP contribution is -1.99. The number of carboxylic acid groups (broad SMARTS) is 1. The normalized spacial score (nSPS) is 10.7. The second kappa shape index (κ2) is 5.84. The number of carbonyl (C=O) groups is 1. The Morgan fingerprint density at radius 2 is 2.21 bits per heavy atom. The van der Waals surface area contributed by atoms with Gasteiger partial charge in [0.2, 0.25) is 0 Å². The first kappa shape index (κ1) is 14.2. The summed E-state index contributed by atoms with van der Waals surface area (Å²) in [6.07, 6.45) is 1.77. The van der Waals surface area contributed by atoms with Gasteiger partial charge in [-0.1, -0.05) is 35.0 Å². The van der Waals surface area contributed by atoms with Crippen molar-refractivity contribution in [2.45, 2.75) is 26.7 Å². The van der Waals surface area contributed by atoms with Crippen molar-refractivity contribution in [3.05, 3.63) is 38.9 Å². The van der Waals surface area contributed by atoms with Crippen molar-refractivity contribution in [2.75, 3.05) is 0 Å². The fourth-order valence-electron chi connectivity index (χ4n) is 1.82. The van der Waals surface area contributed by atoms with Gasteiger partial charge < -0.3 is 5.11 Å². The predicted octanol–water partition coefficient (Wildman–Crippen LogP) is 4.53. The van der Waals surface area contributed by atoms with Gasteiger partial charge in [0.15, 0.2) is 5.69 Å². The maximum Gasteiger partial charge on any atom is 0.356 e. The Morgan fingerprint density at radius 3 is 2.79 bits per heavy atom. The Morgan fingerprint density at radius 1 is 1.47 bits per heavy atom. The highest BCUT2D eigenvalue weighted by Crippen LogP contribution is 2.36. The van der Waals surface area contributed by atoms with Crippen LogP contribution in [0.1, 0.15) is 34.4 Å². The van der Waals surface area contributed by atoms with Crippen molar-refractivity contribution >= 4 is 33.2 Å². The molecule has 2 aromatic rings. The van der Waals surface area contributed by atoms with E-state index in [-0.39, 0.29) is 5.69 Å². The number of aryl methyl sites for hydroxylation is 2. The fourth-order valence-corrected chi connectivity index (χ4v) is 3.84. The minimum atomic E-state index is -0.971. The molecule has 0 aliphatic heterocycles. The smallest absolute Gasteiger partial charge is 0.356 e. The van der Waals surface area contributed by atoms with Crippen LogP contribution in [-0.4, -0.2) is 16.1 Å². The van der Waals surface area contributed by atoms with Crippen LogP contribution in [0, 0.1) is 6.92 Å². The summed E-state index contributed by atoms with van der Waals surface area (Å²) in [6.45, 7) is 4.06. The zero-order valence-corrected chi connectivity index (χ0v) is 13.1. The van der Waals surface area contributed by atoms with Gasteiger partial charge in [-0.3, -0.25) is 0 Å². The summed E-state index contributed by atoms with van der Waals surface area (Å²) in [7, 11) is 0. The fraction of sp³-hybridized carbons (Fsp3) is 0.286. The molecule has 0 spiro atoms. The van der Waals surface area contributed by atoms with Gasteiger partial charge >= 0.3 is 5.97 Å². The number of thiazole rings is 1. The molecule has 1 heterocycles. The van der Waals surface area contributed by atoms with Crippen LogP contribution in [0.3, 0.4) is 0 Å². The highest BCUT2D eigenvalue weighted by atomic mass is 79.9. The molecule has 1 N–H and O–H groups in total. The number of rotatable bonds is 4. The molecule has 1 aromatic heterocycles. The third-order valence-electron chi connectivity index (χ3n) is 2.71. The average Bonchev–Trinajstić information content (AvgIpc) is 2.73. The van der Waals surface area contributed by atoms with Crippen molar-refractivity contribution in [3.8, 4) is 10.4 Å². The molecule has 0 fully saturated rings. The van der Waals surface area contributed by atoms with E-state index in [1.165, 1.54) is 11.3 Å². The zero-order valence-electron chi connectivity index (χ0n) is 10.7. The first-order valence-corrected chi connectivity index (χ1v) is 7.63. The minimum absolute atomic E-state index is 0.151. The molecule has 100 valence electrons. The third kappa shape index (κ3) is 3.04. The van der Waals surface area contributed by atoms with Gasteiger partial charge in [0, 0.05) is 10.0 Å². The molecule has 3 nitrogen and oxygen atoms in total. The van der Waals surface area contributed by atoms with Crippen molar-refractivity contribution < 1.29 is 9.90 Å². The van der Waals surface area contributed by atoms with Gasteiger partial charge in [0.25, 0.3) is 0 Å². The maximum absolute atomic E-state index is 11.3. The standard InChI is InChI=1S/C14H14BrNO2S/c1-3-4-11-16-12(14(17)18)13(19-11)9-6-5-8(2)7-10(9)15/h5-7H,3-4H2,1-2H3,(H,17,18). The molecular weight excluding hydrogens is 326 g/mol. The van der Waals surface area contributed by atoms with E-state index in [1.807, 2.05) is 25.1 Å². The van der Waals surface area contributed by atoms with Gasteiger partial charge in [-0.05, 0) is 31.4 Å². The van der Waals surface area contributed by atoms with E-state index in [1.54, 1.807) is 0 Å². The van der Waals surface area contributed by atoms with Crippen molar-refractivity contribution in [1.82, 2.24) is 4.98 Å². The van der Waals surface area contributed by atoms with Crippen LogP contribution in [0.5, 0.6) is 0 Å². The van der Waals surface area contributed by atoms with Crippen molar-refractivity contribution in [3.63, 3.8) is 0 Å². The minimum Gasteiger partial charge on any atom is -0.476 e. The molecule has 19 heavy (non-hydrogen) atoms. The number of benzene rings is 1. The Balaban J connectivity index is 2.56. The molecule has 0 aliphatic rings. The molecule has 0 bridgehead atoms. The molecule has 0 unspecified atom stereocenters. The van der Waals surface area contributed by atoms with Gasteiger partial charge in [0.05, 0.1) is 9.88 Å². The van der Waals surface area contributed by atoms with Crippen LogP contribution in [-0.2, 0) is 6.42 Å². The first-order valence-electron chi connectivity index (χ1n) is 6.02. The van der Waals surface area contributed by atoms with E-state index in [4.69, 9.17) is 0 Å². The van der Waals surface area contributed by atoms with Crippen LogP contribution in [0.15, 0.2) is 22.7 Å². The molecular formula is C14H14BrNO2S. The molecule has 0 amide bonds. The number of nitrogens with zero attached hydrogens (tertiary/aromatic N) is 1. The van der Waals surface area contributed by atoms with Crippen molar-refractivity contribution in [1.29, 1.82) is 0 Å². The molecule has 0 saturated carbocycles. The summed E-state index contributed by atoms with van der Waals surface area (Å²) in [4.78, 5) is 16.3. The highest BCUT2D eigenvalue weighted by molar-refractivity contribution is 9.10. The molecule has 0 saturated heterocycles. The molecule has 0 atom stereocenters. The topological polar surface area (TPSA) is 50.2 Å². The summed E-state index contributed by atoms with van der Waals surface area (Å²) >= 11 is 4.96. The maximum atomic E-state index is 11.3. The Bertz CT molecular complexity index is 622. The molecule has 0 aliphatic carbocycles. The Kier molecular flexibility index (Phi) is 4.37. The lowest BCUT2D eigenvalue weighted by Gasteiger charge is -2.03. The van der Waals surface area contributed by atoms with Gasteiger partial charge in [-0.2, -0.15) is 0 Å². The van der Waals surface area contributed by atoms with Crippen LogP contribution in [0.4, 0.5) is 0 Å². The Hall–Kier alpha value is -1.20. The van der Waals surface area contributed by atoms with Gasteiger partial charge in [-0.15, -0.1) is 11.3 Å². The van der Waals surface area contributed by atoms with Gasteiger partial charge in [-0.25, -0.2) is 9.78 Å². The third-order valence-corrected chi connectivity index (χ3v) is 4.51. The summed E-state index contributed by atoms with van der Waals surface area (Å²) < 4.78 is 0.904. The predicted molar refractivity (Wildman–Crippen MR) is 80.9 cm³/mol. The average molecular weight is 340 g/mol. The van der Waals surface area contributed by atoms with Gasteiger partial charge in [0.1, 0.15) is 0 Å². The van der Waals surface area contributed by atoms with Crippen LogP contribution < -0.4 is 0 Å². The van der Waals surface area contributed by atoms with E-state index in [0.717, 1.165) is 38.3 Å². The first-order chi connectivity index (χ1) is 9.02. The largest absolute Gasteiger partial charge is 0.476 e. The van der Waals surface area contributed by atoms with E-state index < -0.39 is 5.97 Å². The SMILES string of the molecule is CCCc1nc(C(=O)O)c(-c2ccc(C)cc2Br)s1. The summed E-state index contributed by atoms with van der Waals surface area (Å²) in [5.41, 5.74) is 2.17. The summed E-state index contributed by atoms with van der Waals surface area (Å²) in [6, 6.07) is 5.90. The quantitative estimate of drug-likeness (QED) is 0.889. The number of carboxylic acids is 1. The van der Waals surface area contributed by atoms with Crippen LogP contribution >= 0.6 is 27.3 Å². The van der Waals surface area contributed by atoms with E-state index in [9.17, 15) is 9.90 Å². The lowest BCUT2D eigenvalue weighted by atomic mass is 10.1. The van der Waals surface area contributed by atoms with Crippen molar-refractivity contribution in [2.24, 2.45) is 0 Å². The van der Waals surface area contributed by atoms with E-state index in [2.05, 4.69) is 27.8 Å². The summed E-state index contributed by atoms with van der Waals surface area (Å²) in [5.74, 6) is -0.971. The van der Waals surface area contributed by atoms with Crippen LogP contribution in [0.25, 0.3) is 10.4 Å². The highest BCUT2D eigenvalue weighted by Gasteiger charge is 2.20. The van der Waals surface area contributed by atoms with Crippen LogP contribution in [0.2, 0.25) is 0 Å². The number of aromatic nitrogens is 1. The number of halogens is 1. The number of hydrogen-bond acceptors (Lipinski definition) is 3.